The maximum Gasteiger partial charge on any atom is 0.313 e. The highest BCUT2D eigenvalue weighted by atomic mass is 32.2. The number of rotatable bonds is 6. The van der Waals surface area contributed by atoms with Gasteiger partial charge in [0, 0.05) is 13.6 Å². The van der Waals surface area contributed by atoms with Crippen molar-refractivity contribution in [2.24, 2.45) is 7.05 Å². The maximum atomic E-state index is 10.7. The third kappa shape index (κ3) is 2.51. The van der Waals surface area contributed by atoms with Crippen LogP contribution >= 0.6 is 11.8 Å². The molecule has 2 rings (SSSR count). The zero-order valence-corrected chi connectivity index (χ0v) is 11.8. The van der Waals surface area contributed by atoms with E-state index in [2.05, 4.69) is 16.7 Å². The summed E-state index contributed by atoms with van der Waals surface area (Å²) in [5, 5.41) is 13.9. The van der Waals surface area contributed by atoms with E-state index in [0.717, 1.165) is 23.3 Å². The number of allylic oxidation sites excluding steroid dienone is 1. The van der Waals surface area contributed by atoms with Crippen molar-refractivity contribution in [3.05, 3.63) is 18.3 Å². The lowest BCUT2D eigenvalue weighted by Gasteiger charge is -2.05. The Morgan fingerprint density at radius 1 is 1.58 bits per heavy atom. The topological polar surface area (TPSA) is 72.9 Å². The molecule has 0 saturated heterocycles. The minimum Gasteiger partial charge on any atom is -0.481 e. The van der Waals surface area contributed by atoms with Crippen molar-refractivity contribution >= 4 is 28.9 Å². The van der Waals surface area contributed by atoms with Gasteiger partial charge in [0.2, 0.25) is 0 Å². The summed E-state index contributed by atoms with van der Waals surface area (Å²) in [6.45, 7) is 6.34. The zero-order valence-electron chi connectivity index (χ0n) is 11.0. The van der Waals surface area contributed by atoms with Crippen LogP contribution in [0, 0.1) is 0 Å². The molecule has 7 heteroatoms. The minimum absolute atomic E-state index is 0.00461. The van der Waals surface area contributed by atoms with Crippen LogP contribution in [0.5, 0.6) is 0 Å². The monoisotopic (exact) mass is 280 g/mol. The van der Waals surface area contributed by atoms with Gasteiger partial charge in [0.25, 0.3) is 0 Å². The fourth-order valence-corrected chi connectivity index (χ4v) is 2.72. The van der Waals surface area contributed by atoms with Crippen molar-refractivity contribution in [3.63, 3.8) is 0 Å². The van der Waals surface area contributed by atoms with E-state index in [1.54, 1.807) is 10.8 Å². The summed E-state index contributed by atoms with van der Waals surface area (Å²) in [5.74, 6) is -0.855. The number of aliphatic carboxylic acids is 1. The molecule has 2 heterocycles. The Morgan fingerprint density at radius 2 is 2.32 bits per heavy atom. The molecule has 0 bridgehead atoms. The standard InChI is InChI=1S/C12H16N4O2S/c1-4-6-16-11-10(8(5-2)14-15(11)3)13-12(16)19-7-9(17)18/h4H,1,5-7H2,2-3H3,(H,17,18). The maximum absolute atomic E-state index is 10.7. The van der Waals surface area contributed by atoms with E-state index < -0.39 is 5.97 Å². The molecule has 0 amide bonds. The van der Waals surface area contributed by atoms with Crippen molar-refractivity contribution in [2.75, 3.05) is 5.75 Å². The van der Waals surface area contributed by atoms with E-state index in [1.807, 2.05) is 18.5 Å². The molecule has 0 saturated carbocycles. The number of carboxylic acids is 1. The highest BCUT2D eigenvalue weighted by molar-refractivity contribution is 7.99. The second-order valence-corrected chi connectivity index (χ2v) is 5.01. The lowest BCUT2D eigenvalue weighted by molar-refractivity contribution is -0.133. The molecule has 102 valence electrons. The molecule has 0 fully saturated rings. The Kier molecular flexibility index (Phi) is 3.94. The van der Waals surface area contributed by atoms with Crippen LogP contribution in [0.15, 0.2) is 17.8 Å². The fourth-order valence-electron chi connectivity index (χ4n) is 1.99. The van der Waals surface area contributed by atoms with Crippen LogP contribution in [0.2, 0.25) is 0 Å². The van der Waals surface area contributed by atoms with Gasteiger partial charge in [0.1, 0.15) is 5.52 Å². The Morgan fingerprint density at radius 3 is 2.89 bits per heavy atom. The van der Waals surface area contributed by atoms with Crippen molar-refractivity contribution in [3.8, 4) is 0 Å². The Balaban J connectivity index is 2.52. The van der Waals surface area contributed by atoms with Crippen LogP contribution in [0.1, 0.15) is 12.6 Å². The summed E-state index contributed by atoms with van der Waals surface area (Å²) < 4.78 is 3.73. The van der Waals surface area contributed by atoms with Gasteiger partial charge in [-0.3, -0.25) is 14.0 Å². The first kappa shape index (κ1) is 13.7. The van der Waals surface area contributed by atoms with Gasteiger partial charge in [-0.25, -0.2) is 4.98 Å². The molecule has 2 aromatic heterocycles. The summed E-state index contributed by atoms with van der Waals surface area (Å²) in [6, 6.07) is 0. The van der Waals surface area contributed by atoms with Crippen molar-refractivity contribution in [2.45, 2.75) is 25.0 Å². The number of fused-ring (bicyclic) bond motifs is 1. The van der Waals surface area contributed by atoms with E-state index in [-0.39, 0.29) is 5.75 Å². The zero-order chi connectivity index (χ0) is 14.0. The van der Waals surface area contributed by atoms with Gasteiger partial charge in [-0.2, -0.15) is 5.10 Å². The minimum atomic E-state index is -0.851. The average molecular weight is 280 g/mol. The summed E-state index contributed by atoms with van der Waals surface area (Å²) >= 11 is 1.22. The van der Waals surface area contributed by atoms with Gasteiger partial charge in [0.05, 0.1) is 11.4 Å². The van der Waals surface area contributed by atoms with Gasteiger partial charge in [-0.1, -0.05) is 24.8 Å². The Labute approximate surface area is 115 Å². The Bertz CT molecular complexity index is 629. The molecule has 6 nitrogen and oxygen atoms in total. The second kappa shape index (κ2) is 5.48. The summed E-state index contributed by atoms with van der Waals surface area (Å²) in [6.07, 6.45) is 2.57. The Hall–Kier alpha value is -1.76. The van der Waals surface area contributed by atoms with Crippen molar-refractivity contribution in [1.29, 1.82) is 0 Å². The molecule has 0 aromatic carbocycles. The highest BCUT2D eigenvalue weighted by Crippen LogP contribution is 2.26. The predicted octanol–water partition coefficient (Wildman–Crippen LogP) is 1.69. The van der Waals surface area contributed by atoms with Crippen molar-refractivity contribution < 1.29 is 9.90 Å². The molecule has 0 unspecified atom stereocenters. The number of thioether (sulfide) groups is 1. The molecule has 1 N–H and O–H groups in total. The summed E-state index contributed by atoms with van der Waals surface area (Å²) in [4.78, 5) is 15.2. The van der Waals surface area contributed by atoms with Crippen LogP contribution in [0.4, 0.5) is 0 Å². The van der Waals surface area contributed by atoms with E-state index in [1.165, 1.54) is 11.8 Å². The normalized spacial score (nSPS) is 11.1. The molecule has 2 aromatic rings. The quantitative estimate of drug-likeness (QED) is 0.644. The van der Waals surface area contributed by atoms with Gasteiger partial charge in [-0.05, 0) is 6.42 Å². The summed E-state index contributed by atoms with van der Waals surface area (Å²) in [5.41, 5.74) is 2.68. The molecular formula is C12H16N4O2S. The first-order valence-corrected chi connectivity index (χ1v) is 6.94. The molecule has 0 radical (unpaired) electrons. The molecule has 19 heavy (non-hydrogen) atoms. The molecule has 0 aliphatic carbocycles. The fraction of sp³-hybridized carbons (Fsp3) is 0.417. The van der Waals surface area contributed by atoms with Crippen LogP contribution in [0.25, 0.3) is 11.2 Å². The number of nitrogens with zero attached hydrogens (tertiary/aromatic N) is 4. The second-order valence-electron chi connectivity index (χ2n) is 4.07. The summed E-state index contributed by atoms with van der Waals surface area (Å²) in [7, 11) is 1.87. The van der Waals surface area contributed by atoms with Crippen molar-refractivity contribution in [1.82, 2.24) is 19.3 Å². The van der Waals surface area contributed by atoms with E-state index in [4.69, 9.17) is 5.11 Å². The number of imidazole rings is 1. The SMILES string of the molecule is C=CCn1c(SCC(=O)O)nc2c(CC)nn(C)c21. The smallest absolute Gasteiger partial charge is 0.313 e. The van der Waals surface area contributed by atoms with Crippen LogP contribution in [-0.2, 0) is 24.8 Å². The van der Waals surface area contributed by atoms with E-state index in [9.17, 15) is 4.79 Å². The number of aryl methyl sites for hydroxylation is 2. The molecule has 0 aliphatic heterocycles. The van der Waals surface area contributed by atoms with Crippen LogP contribution in [-0.4, -0.2) is 36.2 Å². The van der Waals surface area contributed by atoms with Crippen LogP contribution < -0.4 is 0 Å². The van der Waals surface area contributed by atoms with Gasteiger partial charge in [0.15, 0.2) is 10.8 Å². The first-order chi connectivity index (χ1) is 9.08. The largest absolute Gasteiger partial charge is 0.481 e. The average Bonchev–Trinajstić information content (AvgIpc) is 2.86. The highest BCUT2D eigenvalue weighted by Gasteiger charge is 2.18. The number of aromatic nitrogens is 4. The predicted molar refractivity (Wildman–Crippen MR) is 74.4 cm³/mol. The number of carboxylic acid groups (broad SMARTS) is 1. The van der Waals surface area contributed by atoms with Gasteiger partial charge < -0.3 is 5.11 Å². The number of carbonyl (C=O) groups is 1. The molecule has 0 aliphatic rings. The van der Waals surface area contributed by atoms with E-state index >= 15 is 0 Å². The number of hydrogen-bond acceptors (Lipinski definition) is 4. The lowest BCUT2D eigenvalue weighted by Crippen LogP contribution is -2.05. The molecule has 0 atom stereocenters. The molecular weight excluding hydrogens is 264 g/mol. The molecule has 0 spiro atoms. The van der Waals surface area contributed by atoms with E-state index in [0.29, 0.717) is 11.7 Å². The first-order valence-electron chi connectivity index (χ1n) is 5.96. The van der Waals surface area contributed by atoms with Gasteiger partial charge >= 0.3 is 5.97 Å². The lowest BCUT2D eigenvalue weighted by atomic mass is 10.3. The van der Waals surface area contributed by atoms with Gasteiger partial charge in [-0.15, -0.1) is 6.58 Å². The third-order valence-electron chi connectivity index (χ3n) is 2.73. The van der Waals surface area contributed by atoms with Crippen LogP contribution in [0.3, 0.4) is 0 Å². The number of hydrogen-bond donors (Lipinski definition) is 1. The third-order valence-corrected chi connectivity index (χ3v) is 3.69.